The summed E-state index contributed by atoms with van der Waals surface area (Å²) in [5.41, 5.74) is 7.81. The zero-order valence-corrected chi connectivity index (χ0v) is 11.3. The van der Waals surface area contributed by atoms with E-state index in [4.69, 9.17) is 0 Å². The van der Waals surface area contributed by atoms with E-state index >= 15 is 0 Å². The van der Waals surface area contributed by atoms with Gasteiger partial charge in [0.25, 0.3) is 0 Å². The van der Waals surface area contributed by atoms with Crippen molar-refractivity contribution in [2.24, 2.45) is 0 Å². The first-order valence-corrected chi connectivity index (χ1v) is 6.73. The van der Waals surface area contributed by atoms with Crippen molar-refractivity contribution in [3.8, 4) is 0 Å². The van der Waals surface area contributed by atoms with Crippen LogP contribution in [0.25, 0.3) is 0 Å². The van der Waals surface area contributed by atoms with Crippen molar-refractivity contribution >= 4 is 0 Å². The summed E-state index contributed by atoms with van der Waals surface area (Å²) in [6.07, 6.45) is 9.73. The molecule has 0 heterocycles. The molecule has 0 radical (unpaired) electrons. The standard InChI is InChI=1S/C17H20.H2O/c1-12-7-10-17-13(2)16-6-4-3-5-14(16)8-9-15(17)11-12;/h4,6-7,10-11,13H,3,5,8-9H2,1-2H3;1H2. The minimum absolute atomic E-state index is 0. The Labute approximate surface area is 110 Å². The molecule has 0 saturated heterocycles. The van der Waals surface area contributed by atoms with E-state index in [9.17, 15) is 0 Å². The Bertz CT molecular complexity index is 508. The van der Waals surface area contributed by atoms with E-state index in [2.05, 4.69) is 44.2 Å². The first kappa shape index (κ1) is 13.1. The minimum atomic E-state index is 0. The summed E-state index contributed by atoms with van der Waals surface area (Å²) in [6.45, 7) is 4.56. The largest absolute Gasteiger partial charge is 0.412 e. The molecule has 3 rings (SSSR count). The smallest absolute Gasteiger partial charge is 0.00631 e. The Morgan fingerprint density at radius 2 is 1.94 bits per heavy atom. The highest BCUT2D eigenvalue weighted by Gasteiger charge is 2.21. The van der Waals surface area contributed by atoms with E-state index < -0.39 is 0 Å². The number of rotatable bonds is 0. The maximum atomic E-state index is 2.38. The molecule has 0 aromatic heterocycles. The highest BCUT2D eigenvalue weighted by molar-refractivity contribution is 5.46. The van der Waals surface area contributed by atoms with Crippen molar-refractivity contribution in [3.05, 3.63) is 58.2 Å². The highest BCUT2D eigenvalue weighted by Crippen LogP contribution is 2.38. The molecular weight excluding hydrogens is 220 g/mol. The SMILES string of the molecule is Cc1ccc2c(c1)CCC1=C(C=CCC1)C2C.O. The molecule has 1 heteroatoms. The number of allylic oxidation sites excluding steroid dienone is 4. The maximum absolute atomic E-state index is 2.38. The maximum Gasteiger partial charge on any atom is 0.00631 e. The van der Waals surface area contributed by atoms with Gasteiger partial charge in [0.2, 0.25) is 0 Å². The van der Waals surface area contributed by atoms with Gasteiger partial charge < -0.3 is 5.48 Å². The third kappa shape index (κ3) is 2.15. The molecule has 2 aliphatic rings. The Morgan fingerprint density at radius 3 is 2.78 bits per heavy atom. The fourth-order valence-corrected chi connectivity index (χ4v) is 3.28. The number of hydrogen-bond donors (Lipinski definition) is 0. The third-order valence-electron chi connectivity index (χ3n) is 4.25. The highest BCUT2D eigenvalue weighted by atomic mass is 16.0. The van der Waals surface area contributed by atoms with Gasteiger partial charge in [0.15, 0.2) is 0 Å². The van der Waals surface area contributed by atoms with E-state index in [1.54, 1.807) is 22.3 Å². The van der Waals surface area contributed by atoms with Crippen LogP contribution >= 0.6 is 0 Å². The summed E-state index contributed by atoms with van der Waals surface area (Å²) in [6, 6.07) is 6.98. The Hall–Kier alpha value is -1.34. The zero-order valence-electron chi connectivity index (χ0n) is 11.3. The summed E-state index contributed by atoms with van der Waals surface area (Å²) in [7, 11) is 0. The lowest BCUT2D eigenvalue weighted by Gasteiger charge is -2.19. The van der Waals surface area contributed by atoms with Gasteiger partial charge in [0.05, 0.1) is 0 Å². The van der Waals surface area contributed by atoms with Crippen LogP contribution in [0.5, 0.6) is 0 Å². The van der Waals surface area contributed by atoms with Gasteiger partial charge in [-0.3, -0.25) is 0 Å². The average molecular weight is 242 g/mol. The van der Waals surface area contributed by atoms with Gasteiger partial charge in [-0.1, -0.05) is 48.4 Å². The summed E-state index contributed by atoms with van der Waals surface area (Å²) in [5, 5.41) is 0. The lowest BCUT2D eigenvalue weighted by Crippen LogP contribution is -2.02. The quantitative estimate of drug-likeness (QED) is 0.661. The minimum Gasteiger partial charge on any atom is -0.412 e. The van der Waals surface area contributed by atoms with Gasteiger partial charge in [-0.15, -0.1) is 0 Å². The lowest BCUT2D eigenvalue weighted by atomic mass is 9.85. The molecule has 0 amide bonds. The number of fused-ring (bicyclic) bond motifs is 1. The molecule has 1 atom stereocenters. The molecular formula is C17H22O. The fourth-order valence-electron chi connectivity index (χ4n) is 3.28. The van der Waals surface area contributed by atoms with Crippen LogP contribution in [0, 0.1) is 6.92 Å². The summed E-state index contributed by atoms with van der Waals surface area (Å²) >= 11 is 0. The summed E-state index contributed by atoms with van der Waals surface area (Å²) in [5.74, 6) is 0.583. The Kier molecular flexibility index (Phi) is 3.72. The summed E-state index contributed by atoms with van der Waals surface area (Å²) < 4.78 is 0. The van der Waals surface area contributed by atoms with Crippen molar-refractivity contribution in [2.75, 3.05) is 0 Å². The van der Waals surface area contributed by atoms with Gasteiger partial charge in [-0.25, -0.2) is 0 Å². The van der Waals surface area contributed by atoms with Crippen molar-refractivity contribution in [3.63, 3.8) is 0 Å². The number of aryl methyl sites for hydroxylation is 2. The van der Waals surface area contributed by atoms with E-state index in [0.717, 1.165) is 0 Å². The molecule has 0 bridgehead atoms. The van der Waals surface area contributed by atoms with Gasteiger partial charge in [0.1, 0.15) is 0 Å². The molecule has 96 valence electrons. The van der Waals surface area contributed by atoms with Gasteiger partial charge in [0, 0.05) is 5.92 Å². The fraction of sp³-hybridized carbons (Fsp3) is 0.412. The Balaban J connectivity index is 0.00000120. The lowest BCUT2D eigenvalue weighted by molar-refractivity contribution is 0.815. The van der Waals surface area contributed by atoms with Crippen molar-refractivity contribution in [2.45, 2.75) is 45.4 Å². The number of benzene rings is 1. The van der Waals surface area contributed by atoms with Gasteiger partial charge in [-0.2, -0.15) is 0 Å². The molecule has 1 unspecified atom stereocenters. The van der Waals surface area contributed by atoms with E-state index in [-0.39, 0.29) is 5.48 Å². The van der Waals surface area contributed by atoms with Crippen LogP contribution < -0.4 is 0 Å². The Morgan fingerprint density at radius 1 is 1.11 bits per heavy atom. The van der Waals surface area contributed by atoms with Crippen molar-refractivity contribution in [1.29, 1.82) is 0 Å². The molecule has 2 N–H and O–H groups in total. The predicted molar refractivity (Wildman–Crippen MR) is 76.9 cm³/mol. The normalized spacial score (nSPS) is 21.8. The van der Waals surface area contributed by atoms with Gasteiger partial charge >= 0.3 is 0 Å². The predicted octanol–water partition coefficient (Wildman–Crippen LogP) is 3.87. The molecule has 0 aliphatic heterocycles. The van der Waals surface area contributed by atoms with Crippen LogP contribution in [-0.4, -0.2) is 5.48 Å². The third-order valence-corrected chi connectivity index (χ3v) is 4.25. The average Bonchev–Trinajstić information content (AvgIpc) is 2.48. The van der Waals surface area contributed by atoms with Crippen LogP contribution in [0.2, 0.25) is 0 Å². The first-order chi connectivity index (χ1) is 8.25. The molecule has 1 aromatic rings. The molecule has 18 heavy (non-hydrogen) atoms. The molecule has 0 fully saturated rings. The van der Waals surface area contributed by atoms with Crippen molar-refractivity contribution in [1.82, 2.24) is 0 Å². The van der Waals surface area contributed by atoms with Crippen LogP contribution in [-0.2, 0) is 6.42 Å². The van der Waals surface area contributed by atoms with Crippen LogP contribution in [0.4, 0.5) is 0 Å². The van der Waals surface area contributed by atoms with Crippen LogP contribution in [0.1, 0.15) is 48.8 Å². The summed E-state index contributed by atoms with van der Waals surface area (Å²) in [4.78, 5) is 0. The van der Waals surface area contributed by atoms with E-state index in [1.807, 2.05) is 0 Å². The molecule has 0 spiro atoms. The molecule has 1 aromatic carbocycles. The van der Waals surface area contributed by atoms with Crippen molar-refractivity contribution < 1.29 is 5.48 Å². The second-order valence-corrected chi connectivity index (χ2v) is 5.42. The first-order valence-electron chi connectivity index (χ1n) is 6.73. The monoisotopic (exact) mass is 242 g/mol. The molecule has 0 saturated carbocycles. The topological polar surface area (TPSA) is 31.5 Å². The van der Waals surface area contributed by atoms with Crippen LogP contribution in [0.15, 0.2) is 41.5 Å². The van der Waals surface area contributed by atoms with E-state index in [0.29, 0.717) is 5.92 Å². The number of hydrogen-bond acceptors (Lipinski definition) is 0. The van der Waals surface area contributed by atoms with E-state index in [1.165, 1.54) is 31.2 Å². The molecule has 1 nitrogen and oxygen atoms in total. The van der Waals surface area contributed by atoms with Gasteiger partial charge in [-0.05, 0) is 49.3 Å². The second kappa shape index (κ2) is 5.11. The zero-order chi connectivity index (χ0) is 11.8. The molecule has 2 aliphatic carbocycles. The second-order valence-electron chi connectivity index (χ2n) is 5.42. The van der Waals surface area contributed by atoms with Crippen LogP contribution in [0.3, 0.4) is 0 Å².